The van der Waals surface area contributed by atoms with E-state index in [2.05, 4.69) is 26.1 Å². The van der Waals surface area contributed by atoms with Crippen LogP contribution >= 0.6 is 15.9 Å². The molecule has 6 heteroatoms. The summed E-state index contributed by atoms with van der Waals surface area (Å²) >= 11 is 3.12. The fraction of sp³-hybridized carbons (Fsp3) is 0.357. The van der Waals surface area contributed by atoms with Crippen LogP contribution in [-0.2, 0) is 4.79 Å². The van der Waals surface area contributed by atoms with Crippen molar-refractivity contribution in [2.45, 2.75) is 31.6 Å². The third-order valence-corrected chi connectivity index (χ3v) is 4.08. The van der Waals surface area contributed by atoms with E-state index in [1.807, 2.05) is 0 Å². The number of carbonyl (C=O) groups excluding carboxylic acids is 1. The van der Waals surface area contributed by atoms with E-state index < -0.39 is 0 Å². The molecule has 3 rings (SSSR count). The van der Waals surface area contributed by atoms with Crippen molar-refractivity contribution < 1.29 is 13.7 Å². The first-order chi connectivity index (χ1) is 9.65. The molecule has 0 bridgehead atoms. The van der Waals surface area contributed by atoms with Gasteiger partial charge in [0.15, 0.2) is 0 Å². The quantitative estimate of drug-likeness (QED) is 0.834. The average molecular weight is 339 g/mol. The van der Waals surface area contributed by atoms with Crippen LogP contribution in [0.3, 0.4) is 0 Å². The Labute approximate surface area is 123 Å². The van der Waals surface area contributed by atoms with Gasteiger partial charge in [-0.05, 0) is 47.0 Å². The van der Waals surface area contributed by atoms with Gasteiger partial charge in [0.25, 0.3) is 0 Å². The van der Waals surface area contributed by atoms with Crippen molar-refractivity contribution in [1.82, 2.24) is 10.1 Å². The number of Topliss-reactive ketones (excluding diaryl/α,β-unsaturated/α-hetero) is 1. The Hall–Kier alpha value is -1.56. The van der Waals surface area contributed by atoms with Crippen molar-refractivity contribution in [3.8, 4) is 11.4 Å². The molecule has 104 valence electrons. The Morgan fingerprint density at radius 3 is 2.95 bits per heavy atom. The van der Waals surface area contributed by atoms with Crippen molar-refractivity contribution in [3.63, 3.8) is 0 Å². The summed E-state index contributed by atoms with van der Waals surface area (Å²) in [4.78, 5) is 16.1. The molecule has 1 atom stereocenters. The van der Waals surface area contributed by atoms with Crippen molar-refractivity contribution in [2.24, 2.45) is 0 Å². The molecular formula is C14H12BrFN2O2. The summed E-state index contributed by atoms with van der Waals surface area (Å²) in [6.07, 6.45) is 3.26. The van der Waals surface area contributed by atoms with Crippen LogP contribution in [0.25, 0.3) is 11.4 Å². The van der Waals surface area contributed by atoms with E-state index in [-0.39, 0.29) is 17.5 Å². The SMILES string of the molecule is O=C1CCCCC1c1nc(-c2ccc(F)c(Br)c2)no1. The first-order valence-corrected chi connectivity index (χ1v) is 7.26. The van der Waals surface area contributed by atoms with Crippen LogP contribution < -0.4 is 0 Å². The topological polar surface area (TPSA) is 56.0 Å². The van der Waals surface area contributed by atoms with E-state index in [4.69, 9.17) is 4.52 Å². The summed E-state index contributed by atoms with van der Waals surface area (Å²) in [5.74, 6) is 0.268. The van der Waals surface area contributed by atoms with Crippen LogP contribution in [0.2, 0.25) is 0 Å². The number of hydrogen-bond acceptors (Lipinski definition) is 4. The highest BCUT2D eigenvalue weighted by molar-refractivity contribution is 9.10. The first-order valence-electron chi connectivity index (χ1n) is 6.47. The minimum absolute atomic E-state index is 0.159. The molecule has 4 nitrogen and oxygen atoms in total. The fourth-order valence-corrected chi connectivity index (χ4v) is 2.75. The van der Waals surface area contributed by atoms with Gasteiger partial charge in [-0.15, -0.1) is 0 Å². The number of nitrogens with zero attached hydrogens (tertiary/aromatic N) is 2. The maximum atomic E-state index is 13.2. The summed E-state index contributed by atoms with van der Waals surface area (Å²) in [7, 11) is 0. The van der Waals surface area contributed by atoms with E-state index in [0.29, 0.717) is 28.2 Å². The molecule has 0 spiro atoms. The maximum absolute atomic E-state index is 13.2. The summed E-state index contributed by atoms with van der Waals surface area (Å²) in [5, 5.41) is 3.89. The Balaban J connectivity index is 1.89. The highest BCUT2D eigenvalue weighted by Gasteiger charge is 2.29. The molecule has 1 aromatic heterocycles. The smallest absolute Gasteiger partial charge is 0.237 e. The highest BCUT2D eigenvalue weighted by Crippen LogP contribution is 2.30. The van der Waals surface area contributed by atoms with Gasteiger partial charge in [0.1, 0.15) is 11.6 Å². The summed E-state index contributed by atoms with van der Waals surface area (Å²) in [6, 6.07) is 4.51. The molecule has 1 heterocycles. The van der Waals surface area contributed by atoms with Gasteiger partial charge in [0.05, 0.1) is 10.4 Å². The van der Waals surface area contributed by atoms with Crippen LogP contribution in [0.5, 0.6) is 0 Å². The highest BCUT2D eigenvalue weighted by atomic mass is 79.9. The standard InChI is InChI=1S/C14H12BrFN2O2/c15-10-7-8(5-6-11(10)16)13-17-14(20-18-13)9-3-1-2-4-12(9)19/h5-7,9H,1-4H2. The zero-order valence-electron chi connectivity index (χ0n) is 10.6. The summed E-state index contributed by atoms with van der Waals surface area (Å²) < 4.78 is 18.8. The largest absolute Gasteiger partial charge is 0.338 e. The normalized spacial score (nSPS) is 19.3. The molecule has 1 saturated carbocycles. The monoisotopic (exact) mass is 338 g/mol. The lowest BCUT2D eigenvalue weighted by atomic mass is 9.88. The number of aromatic nitrogens is 2. The lowest BCUT2D eigenvalue weighted by molar-refractivity contribution is -0.122. The second-order valence-electron chi connectivity index (χ2n) is 4.85. The zero-order chi connectivity index (χ0) is 14.1. The van der Waals surface area contributed by atoms with Crippen molar-refractivity contribution in [1.29, 1.82) is 0 Å². The Morgan fingerprint density at radius 2 is 2.20 bits per heavy atom. The summed E-state index contributed by atoms with van der Waals surface area (Å²) in [5.41, 5.74) is 0.650. The van der Waals surface area contributed by atoms with Crippen molar-refractivity contribution >= 4 is 21.7 Å². The predicted octanol–water partition coefficient (Wildman–Crippen LogP) is 3.86. The summed E-state index contributed by atoms with van der Waals surface area (Å²) in [6.45, 7) is 0. The lowest BCUT2D eigenvalue weighted by Crippen LogP contribution is -2.17. The molecule has 0 N–H and O–H groups in total. The Morgan fingerprint density at radius 1 is 1.35 bits per heavy atom. The molecule has 0 aliphatic heterocycles. The molecule has 1 aliphatic carbocycles. The number of benzene rings is 1. The maximum Gasteiger partial charge on any atom is 0.237 e. The number of carbonyl (C=O) groups is 1. The predicted molar refractivity (Wildman–Crippen MR) is 73.6 cm³/mol. The van der Waals surface area contributed by atoms with Gasteiger partial charge in [-0.2, -0.15) is 4.98 Å². The minimum Gasteiger partial charge on any atom is -0.338 e. The van der Waals surface area contributed by atoms with Crippen molar-refractivity contribution in [2.75, 3.05) is 0 Å². The van der Waals surface area contributed by atoms with Crippen LogP contribution in [0.1, 0.15) is 37.5 Å². The average Bonchev–Trinajstić information content (AvgIpc) is 2.92. The molecular weight excluding hydrogens is 327 g/mol. The van der Waals surface area contributed by atoms with E-state index in [1.165, 1.54) is 6.07 Å². The molecule has 1 aromatic carbocycles. The van der Waals surface area contributed by atoms with E-state index >= 15 is 0 Å². The molecule has 0 saturated heterocycles. The van der Waals surface area contributed by atoms with E-state index in [0.717, 1.165) is 19.3 Å². The van der Waals surface area contributed by atoms with Gasteiger partial charge in [-0.1, -0.05) is 11.6 Å². The molecule has 0 amide bonds. The van der Waals surface area contributed by atoms with Gasteiger partial charge < -0.3 is 4.52 Å². The number of rotatable bonds is 2. The first kappa shape index (κ1) is 13.4. The van der Waals surface area contributed by atoms with Gasteiger partial charge in [-0.3, -0.25) is 4.79 Å². The third kappa shape index (κ3) is 2.52. The van der Waals surface area contributed by atoms with Crippen LogP contribution in [0.4, 0.5) is 4.39 Å². The number of halogens is 2. The molecule has 20 heavy (non-hydrogen) atoms. The van der Waals surface area contributed by atoms with Crippen LogP contribution in [-0.4, -0.2) is 15.9 Å². The van der Waals surface area contributed by atoms with Gasteiger partial charge in [0.2, 0.25) is 11.7 Å². The van der Waals surface area contributed by atoms with Crippen LogP contribution in [0, 0.1) is 5.82 Å². The Kier molecular flexibility index (Phi) is 3.65. The van der Waals surface area contributed by atoms with E-state index in [9.17, 15) is 9.18 Å². The van der Waals surface area contributed by atoms with Crippen molar-refractivity contribution in [3.05, 3.63) is 34.4 Å². The second-order valence-corrected chi connectivity index (χ2v) is 5.70. The lowest BCUT2D eigenvalue weighted by Gasteiger charge is -2.16. The number of ketones is 1. The zero-order valence-corrected chi connectivity index (χ0v) is 12.2. The molecule has 2 aromatic rings. The van der Waals surface area contributed by atoms with Crippen LogP contribution in [0.15, 0.2) is 27.2 Å². The van der Waals surface area contributed by atoms with Gasteiger partial charge in [-0.25, -0.2) is 4.39 Å². The minimum atomic E-state index is -0.347. The molecule has 1 unspecified atom stereocenters. The second kappa shape index (κ2) is 5.44. The molecule has 0 radical (unpaired) electrons. The Bertz CT molecular complexity index is 656. The molecule has 1 aliphatic rings. The van der Waals surface area contributed by atoms with Gasteiger partial charge >= 0.3 is 0 Å². The number of hydrogen-bond donors (Lipinski definition) is 0. The van der Waals surface area contributed by atoms with E-state index in [1.54, 1.807) is 12.1 Å². The molecule has 1 fully saturated rings. The third-order valence-electron chi connectivity index (χ3n) is 3.47. The van der Waals surface area contributed by atoms with Gasteiger partial charge in [0, 0.05) is 12.0 Å². The fourth-order valence-electron chi connectivity index (χ4n) is 2.37.